The molecule has 1 rings (SSSR count). The minimum absolute atomic E-state index is 0.288. The zero-order valence-electron chi connectivity index (χ0n) is 7.21. The van der Waals surface area contributed by atoms with Gasteiger partial charge in [-0.05, 0) is 5.92 Å². The lowest BCUT2D eigenvalue weighted by Crippen LogP contribution is -2.20. The maximum atomic E-state index is 5.53. The summed E-state index contributed by atoms with van der Waals surface area (Å²) < 4.78 is 5.53. The molecule has 0 saturated heterocycles. The minimum Gasteiger partial charge on any atom is -0.475 e. The molecule has 1 aliphatic heterocycles. The van der Waals surface area contributed by atoms with Crippen LogP contribution < -0.4 is 5.73 Å². The Morgan fingerprint density at radius 1 is 1.73 bits per heavy atom. The van der Waals surface area contributed by atoms with Crippen LogP contribution in [0.15, 0.2) is 4.99 Å². The summed E-state index contributed by atoms with van der Waals surface area (Å²) in [6.45, 7) is 5.73. The summed E-state index contributed by atoms with van der Waals surface area (Å²) in [4.78, 5) is 4.24. The first-order valence-corrected chi connectivity index (χ1v) is 4.14. The molecule has 0 aromatic carbocycles. The van der Waals surface area contributed by atoms with Crippen molar-refractivity contribution in [3.05, 3.63) is 0 Å². The smallest absolute Gasteiger partial charge is 0.185 e. The molecule has 0 fully saturated rings. The van der Waals surface area contributed by atoms with Crippen molar-refractivity contribution in [1.82, 2.24) is 0 Å². The number of aliphatic imine (C=N–C) groups is 1. The Morgan fingerprint density at radius 3 is 2.91 bits per heavy atom. The molecule has 0 aromatic rings. The van der Waals surface area contributed by atoms with E-state index in [1.807, 2.05) is 0 Å². The van der Waals surface area contributed by atoms with Gasteiger partial charge in [0, 0.05) is 13.0 Å². The molecular formula is C8H16N2O. The maximum Gasteiger partial charge on any atom is 0.185 e. The van der Waals surface area contributed by atoms with Gasteiger partial charge in [0.25, 0.3) is 0 Å². The molecule has 0 aliphatic carbocycles. The Morgan fingerprint density at radius 2 is 2.45 bits per heavy atom. The van der Waals surface area contributed by atoms with Crippen LogP contribution in [0, 0.1) is 5.92 Å². The summed E-state index contributed by atoms with van der Waals surface area (Å²) in [5.41, 5.74) is 5.37. The molecule has 1 unspecified atom stereocenters. The first-order chi connectivity index (χ1) is 5.24. The van der Waals surface area contributed by atoms with E-state index in [-0.39, 0.29) is 6.10 Å². The van der Waals surface area contributed by atoms with Crippen molar-refractivity contribution in [3.63, 3.8) is 0 Å². The van der Waals surface area contributed by atoms with Crippen molar-refractivity contribution in [2.45, 2.75) is 26.4 Å². The molecule has 3 heteroatoms. The predicted octanol–water partition coefficient (Wildman–Crippen LogP) is 0.788. The zero-order chi connectivity index (χ0) is 8.27. The van der Waals surface area contributed by atoms with Crippen molar-refractivity contribution in [2.75, 3.05) is 13.1 Å². The van der Waals surface area contributed by atoms with Gasteiger partial charge < -0.3 is 10.5 Å². The molecule has 11 heavy (non-hydrogen) atoms. The molecule has 0 amide bonds. The average molecular weight is 156 g/mol. The van der Waals surface area contributed by atoms with E-state index < -0.39 is 0 Å². The molecule has 0 bridgehead atoms. The molecule has 1 atom stereocenters. The van der Waals surface area contributed by atoms with Crippen molar-refractivity contribution in [2.24, 2.45) is 16.6 Å². The van der Waals surface area contributed by atoms with Crippen LogP contribution in [-0.4, -0.2) is 25.1 Å². The third kappa shape index (κ3) is 2.19. The van der Waals surface area contributed by atoms with Gasteiger partial charge in [0.15, 0.2) is 5.90 Å². The third-order valence-corrected chi connectivity index (χ3v) is 1.84. The Kier molecular flexibility index (Phi) is 2.88. The highest BCUT2D eigenvalue weighted by Gasteiger charge is 2.21. The van der Waals surface area contributed by atoms with Crippen LogP contribution in [0.2, 0.25) is 0 Å². The molecule has 0 aromatic heterocycles. The molecule has 0 spiro atoms. The maximum absolute atomic E-state index is 5.53. The van der Waals surface area contributed by atoms with Gasteiger partial charge in [-0.3, -0.25) is 4.99 Å². The fourth-order valence-corrected chi connectivity index (χ4v) is 1.05. The SMILES string of the molecule is CC(C)C1CN=C(CCN)O1. The second-order valence-electron chi connectivity index (χ2n) is 3.17. The second kappa shape index (κ2) is 3.72. The summed E-state index contributed by atoms with van der Waals surface area (Å²) in [5.74, 6) is 1.39. The first kappa shape index (κ1) is 8.53. The lowest BCUT2D eigenvalue weighted by atomic mass is 10.1. The van der Waals surface area contributed by atoms with Gasteiger partial charge >= 0.3 is 0 Å². The molecule has 2 N–H and O–H groups in total. The van der Waals surface area contributed by atoms with Gasteiger partial charge in [-0.2, -0.15) is 0 Å². The van der Waals surface area contributed by atoms with E-state index in [1.165, 1.54) is 0 Å². The topological polar surface area (TPSA) is 47.6 Å². The fourth-order valence-electron chi connectivity index (χ4n) is 1.05. The van der Waals surface area contributed by atoms with Crippen molar-refractivity contribution in [3.8, 4) is 0 Å². The quantitative estimate of drug-likeness (QED) is 0.656. The lowest BCUT2D eigenvalue weighted by molar-refractivity contribution is 0.167. The van der Waals surface area contributed by atoms with E-state index in [0.29, 0.717) is 12.5 Å². The Hall–Kier alpha value is -0.570. The van der Waals surface area contributed by atoms with Crippen LogP contribution in [0.4, 0.5) is 0 Å². The van der Waals surface area contributed by atoms with Gasteiger partial charge in [-0.25, -0.2) is 0 Å². The Labute approximate surface area is 67.6 Å². The second-order valence-corrected chi connectivity index (χ2v) is 3.17. The molecule has 64 valence electrons. The van der Waals surface area contributed by atoms with Gasteiger partial charge in [0.1, 0.15) is 6.10 Å². The van der Waals surface area contributed by atoms with Crippen LogP contribution >= 0.6 is 0 Å². The fraction of sp³-hybridized carbons (Fsp3) is 0.875. The molecule has 1 heterocycles. The number of rotatable bonds is 3. The van der Waals surface area contributed by atoms with E-state index in [2.05, 4.69) is 18.8 Å². The van der Waals surface area contributed by atoms with Crippen molar-refractivity contribution >= 4 is 5.90 Å². The molecular weight excluding hydrogens is 140 g/mol. The monoisotopic (exact) mass is 156 g/mol. The van der Waals surface area contributed by atoms with Crippen molar-refractivity contribution < 1.29 is 4.74 Å². The van der Waals surface area contributed by atoms with E-state index in [0.717, 1.165) is 18.9 Å². The lowest BCUT2D eigenvalue weighted by Gasteiger charge is -2.13. The summed E-state index contributed by atoms with van der Waals surface area (Å²) >= 11 is 0. The number of nitrogens with two attached hydrogens (primary N) is 1. The minimum atomic E-state index is 0.288. The van der Waals surface area contributed by atoms with Crippen LogP contribution in [0.25, 0.3) is 0 Å². The first-order valence-electron chi connectivity index (χ1n) is 4.14. The highest BCUT2D eigenvalue weighted by molar-refractivity contribution is 5.77. The van der Waals surface area contributed by atoms with E-state index in [9.17, 15) is 0 Å². The predicted molar refractivity (Wildman–Crippen MR) is 45.7 cm³/mol. The number of hydrogen-bond donors (Lipinski definition) is 1. The Bertz CT molecular complexity index is 154. The highest BCUT2D eigenvalue weighted by atomic mass is 16.5. The van der Waals surface area contributed by atoms with E-state index in [1.54, 1.807) is 0 Å². The average Bonchev–Trinajstić information content (AvgIpc) is 2.37. The Balaban J connectivity index is 2.31. The van der Waals surface area contributed by atoms with Gasteiger partial charge in [0.2, 0.25) is 0 Å². The van der Waals surface area contributed by atoms with Crippen LogP contribution in [-0.2, 0) is 4.74 Å². The van der Waals surface area contributed by atoms with Crippen LogP contribution in [0.5, 0.6) is 0 Å². The standard InChI is InChI=1S/C8H16N2O/c1-6(2)7-5-10-8(11-7)3-4-9/h6-7H,3-5,9H2,1-2H3. The van der Waals surface area contributed by atoms with E-state index >= 15 is 0 Å². The largest absolute Gasteiger partial charge is 0.475 e. The molecule has 3 nitrogen and oxygen atoms in total. The highest BCUT2D eigenvalue weighted by Crippen LogP contribution is 2.14. The summed E-state index contributed by atoms with van der Waals surface area (Å²) in [7, 11) is 0. The number of nitrogens with zero attached hydrogens (tertiary/aromatic N) is 1. The molecule has 0 saturated carbocycles. The number of hydrogen-bond acceptors (Lipinski definition) is 3. The van der Waals surface area contributed by atoms with Gasteiger partial charge in [-0.15, -0.1) is 0 Å². The van der Waals surface area contributed by atoms with Gasteiger partial charge in [0.05, 0.1) is 6.54 Å². The van der Waals surface area contributed by atoms with Crippen LogP contribution in [0.3, 0.4) is 0 Å². The van der Waals surface area contributed by atoms with Crippen molar-refractivity contribution in [1.29, 1.82) is 0 Å². The zero-order valence-corrected chi connectivity index (χ0v) is 7.21. The third-order valence-electron chi connectivity index (χ3n) is 1.84. The molecule has 0 radical (unpaired) electrons. The summed E-state index contributed by atoms with van der Waals surface area (Å²) in [5, 5.41) is 0. The normalized spacial score (nSPS) is 23.6. The molecule has 1 aliphatic rings. The number of ether oxygens (including phenoxy) is 1. The summed E-state index contributed by atoms with van der Waals surface area (Å²) in [6, 6.07) is 0. The van der Waals surface area contributed by atoms with Crippen LogP contribution in [0.1, 0.15) is 20.3 Å². The summed E-state index contributed by atoms with van der Waals surface area (Å²) in [6.07, 6.45) is 1.07. The van der Waals surface area contributed by atoms with E-state index in [4.69, 9.17) is 10.5 Å². The van der Waals surface area contributed by atoms with Gasteiger partial charge in [-0.1, -0.05) is 13.8 Å².